The molecule has 0 unspecified atom stereocenters. The summed E-state index contributed by atoms with van der Waals surface area (Å²) in [4.78, 5) is 24.0. The summed E-state index contributed by atoms with van der Waals surface area (Å²) in [6, 6.07) is 5.88. The number of hydrogen-bond donors (Lipinski definition) is 3. The highest BCUT2D eigenvalue weighted by Gasteiger charge is 2.26. The zero-order chi connectivity index (χ0) is 15.8. The number of aryl methyl sites for hydroxylation is 1. The molecule has 0 aliphatic heterocycles. The van der Waals surface area contributed by atoms with E-state index in [0.717, 1.165) is 15.6 Å². The number of nitrogens with two attached hydrogens (primary N) is 2. The Bertz CT molecular complexity index is 719. The lowest BCUT2D eigenvalue weighted by molar-refractivity contribution is -0.125. The molecule has 0 fully saturated rings. The molecule has 21 heavy (non-hydrogen) atoms. The summed E-state index contributed by atoms with van der Waals surface area (Å²) in [5.74, 6) is -0.733. The van der Waals surface area contributed by atoms with Gasteiger partial charge in [-0.2, -0.15) is 0 Å². The van der Waals surface area contributed by atoms with E-state index < -0.39 is 11.3 Å². The van der Waals surface area contributed by atoms with Crippen LogP contribution in [0.25, 0.3) is 10.1 Å². The van der Waals surface area contributed by atoms with Crippen LogP contribution < -0.4 is 16.8 Å². The Morgan fingerprint density at radius 1 is 1.33 bits per heavy atom. The largest absolute Gasteiger partial charge is 0.397 e. The van der Waals surface area contributed by atoms with Crippen molar-refractivity contribution in [1.29, 1.82) is 0 Å². The van der Waals surface area contributed by atoms with Crippen molar-refractivity contribution < 1.29 is 9.59 Å². The smallest absolute Gasteiger partial charge is 0.263 e. The van der Waals surface area contributed by atoms with E-state index in [0.29, 0.717) is 10.6 Å². The minimum absolute atomic E-state index is 0.174. The average Bonchev–Trinajstić information content (AvgIpc) is 2.72. The molecule has 0 aliphatic rings. The molecule has 0 radical (unpaired) electrons. The first-order valence-corrected chi connectivity index (χ1v) is 7.41. The highest BCUT2D eigenvalue weighted by Crippen LogP contribution is 2.34. The van der Waals surface area contributed by atoms with E-state index in [4.69, 9.17) is 11.5 Å². The number of rotatable bonds is 4. The standard InChI is InChI=1S/C15H19N3O2S/c1-8-4-5-9-10(6-8)21-12(11(9)16)13(19)18-7-15(2,3)14(17)20/h4-6H,7,16H2,1-3H3,(H2,17,20)(H,18,19). The first kappa shape index (κ1) is 15.3. The van der Waals surface area contributed by atoms with Gasteiger partial charge in [0.05, 0.1) is 11.1 Å². The van der Waals surface area contributed by atoms with Crippen LogP contribution in [0.15, 0.2) is 18.2 Å². The molecule has 0 saturated carbocycles. The van der Waals surface area contributed by atoms with Crippen molar-refractivity contribution in [3.05, 3.63) is 28.6 Å². The van der Waals surface area contributed by atoms with E-state index in [9.17, 15) is 9.59 Å². The second-order valence-electron chi connectivity index (χ2n) is 5.78. The third-order valence-corrected chi connectivity index (χ3v) is 4.62. The number of nitrogens with one attached hydrogen (secondary N) is 1. The first-order valence-electron chi connectivity index (χ1n) is 6.59. The molecule has 0 spiro atoms. The van der Waals surface area contributed by atoms with Crippen molar-refractivity contribution in [2.24, 2.45) is 11.1 Å². The lowest BCUT2D eigenvalue weighted by atomic mass is 9.93. The van der Waals surface area contributed by atoms with Gasteiger partial charge in [0, 0.05) is 16.6 Å². The van der Waals surface area contributed by atoms with Crippen molar-refractivity contribution >= 4 is 38.9 Å². The molecule has 5 nitrogen and oxygen atoms in total. The monoisotopic (exact) mass is 305 g/mol. The second-order valence-corrected chi connectivity index (χ2v) is 6.83. The van der Waals surface area contributed by atoms with E-state index in [2.05, 4.69) is 5.32 Å². The molecular formula is C15H19N3O2S. The van der Waals surface area contributed by atoms with Gasteiger partial charge in [-0.05, 0) is 32.4 Å². The van der Waals surface area contributed by atoms with Crippen LogP contribution in [0.2, 0.25) is 0 Å². The summed E-state index contributed by atoms with van der Waals surface area (Å²) in [7, 11) is 0. The zero-order valence-electron chi connectivity index (χ0n) is 12.3. The van der Waals surface area contributed by atoms with Gasteiger partial charge in [0.25, 0.3) is 5.91 Å². The normalized spacial score (nSPS) is 11.6. The van der Waals surface area contributed by atoms with Crippen molar-refractivity contribution in [2.45, 2.75) is 20.8 Å². The highest BCUT2D eigenvalue weighted by atomic mass is 32.1. The molecule has 2 amide bonds. The molecule has 112 valence electrons. The average molecular weight is 305 g/mol. The molecule has 6 heteroatoms. The van der Waals surface area contributed by atoms with Crippen LogP contribution in [0.3, 0.4) is 0 Å². The minimum Gasteiger partial charge on any atom is -0.397 e. The Balaban J connectivity index is 2.24. The summed E-state index contributed by atoms with van der Waals surface area (Å²) in [6.07, 6.45) is 0. The topological polar surface area (TPSA) is 98.2 Å². The van der Waals surface area contributed by atoms with Crippen LogP contribution in [-0.4, -0.2) is 18.4 Å². The van der Waals surface area contributed by atoms with E-state index >= 15 is 0 Å². The van der Waals surface area contributed by atoms with Crippen LogP contribution in [0.1, 0.15) is 29.1 Å². The summed E-state index contributed by atoms with van der Waals surface area (Å²) in [6.45, 7) is 5.54. The van der Waals surface area contributed by atoms with E-state index in [-0.39, 0.29) is 12.5 Å². The number of thiophene rings is 1. The fraction of sp³-hybridized carbons (Fsp3) is 0.333. The number of amides is 2. The molecule has 2 rings (SSSR count). The maximum absolute atomic E-state index is 12.3. The van der Waals surface area contributed by atoms with Gasteiger partial charge in [-0.15, -0.1) is 11.3 Å². The Morgan fingerprint density at radius 3 is 2.62 bits per heavy atom. The number of hydrogen-bond acceptors (Lipinski definition) is 4. The fourth-order valence-electron chi connectivity index (χ4n) is 1.86. The van der Waals surface area contributed by atoms with Crippen LogP contribution in [0.4, 0.5) is 5.69 Å². The summed E-state index contributed by atoms with van der Waals surface area (Å²) < 4.78 is 0.979. The van der Waals surface area contributed by atoms with Crippen molar-refractivity contribution in [3.8, 4) is 0 Å². The summed E-state index contributed by atoms with van der Waals surface area (Å²) in [5.41, 5.74) is 12.1. The Hall–Kier alpha value is -2.08. The van der Waals surface area contributed by atoms with Gasteiger partial charge in [-0.1, -0.05) is 12.1 Å². The van der Waals surface area contributed by atoms with Gasteiger partial charge in [0.2, 0.25) is 5.91 Å². The first-order chi connectivity index (χ1) is 9.72. The lowest BCUT2D eigenvalue weighted by Crippen LogP contribution is -2.42. The molecule has 1 aromatic heterocycles. The SMILES string of the molecule is Cc1ccc2c(N)c(C(=O)NCC(C)(C)C(N)=O)sc2c1. The third kappa shape index (κ3) is 3.00. The number of nitrogen functional groups attached to an aromatic ring is 1. The molecule has 0 aliphatic carbocycles. The van der Waals surface area contributed by atoms with Gasteiger partial charge in [0.1, 0.15) is 4.88 Å². The Morgan fingerprint density at radius 2 is 2.00 bits per heavy atom. The summed E-state index contributed by atoms with van der Waals surface area (Å²) in [5, 5.41) is 3.61. The predicted octanol–water partition coefficient (Wildman–Crippen LogP) is 2.03. The van der Waals surface area contributed by atoms with E-state index in [1.165, 1.54) is 11.3 Å². The number of primary amides is 1. The molecule has 1 heterocycles. The van der Waals surface area contributed by atoms with Gasteiger partial charge in [0.15, 0.2) is 0 Å². The fourth-order valence-corrected chi connectivity index (χ4v) is 3.00. The van der Waals surface area contributed by atoms with E-state index in [1.54, 1.807) is 13.8 Å². The maximum Gasteiger partial charge on any atom is 0.263 e. The van der Waals surface area contributed by atoms with Crippen molar-refractivity contribution in [3.63, 3.8) is 0 Å². The molecule has 0 saturated heterocycles. The highest BCUT2D eigenvalue weighted by molar-refractivity contribution is 7.21. The second kappa shape index (κ2) is 5.37. The number of benzene rings is 1. The predicted molar refractivity (Wildman–Crippen MR) is 86.3 cm³/mol. The quantitative estimate of drug-likeness (QED) is 0.806. The van der Waals surface area contributed by atoms with E-state index in [1.807, 2.05) is 25.1 Å². The molecule has 2 aromatic rings. The zero-order valence-corrected chi connectivity index (χ0v) is 13.1. The van der Waals surface area contributed by atoms with Gasteiger partial charge in [-0.3, -0.25) is 9.59 Å². The molecule has 5 N–H and O–H groups in total. The van der Waals surface area contributed by atoms with Gasteiger partial charge < -0.3 is 16.8 Å². The van der Waals surface area contributed by atoms with Crippen LogP contribution in [0, 0.1) is 12.3 Å². The number of carbonyl (C=O) groups is 2. The molecule has 1 aromatic carbocycles. The van der Waals surface area contributed by atoms with Gasteiger partial charge in [-0.25, -0.2) is 0 Å². The molecule has 0 bridgehead atoms. The minimum atomic E-state index is -0.794. The molecular weight excluding hydrogens is 286 g/mol. The molecule has 0 atom stereocenters. The van der Waals surface area contributed by atoms with Crippen molar-refractivity contribution in [2.75, 3.05) is 12.3 Å². The van der Waals surface area contributed by atoms with Crippen LogP contribution in [0.5, 0.6) is 0 Å². The van der Waals surface area contributed by atoms with Gasteiger partial charge >= 0.3 is 0 Å². The number of fused-ring (bicyclic) bond motifs is 1. The van der Waals surface area contributed by atoms with Crippen LogP contribution >= 0.6 is 11.3 Å². The number of anilines is 1. The third-order valence-electron chi connectivity index (χ3n) is 3.45. The Kier molecular flexibility index (Phi) is 3.91. The Labute approximate surface area is 127 Å². The maximum atomic E-state index is 12.3. The van der Waals surface area contributed by atoms with Crippen LogP contribution in [-0.2, 0) is 4.79 Å². The number of carbonyl (C=O) groups excluding carboxylic acids is 2. The summed E-state index contributed by atoms with van der Waals surface area (Å²) >= 11 is 1.35. The van der Waals surface area contributed by atoms with Crippen molar-refractivity contribution in [1.82, 2.24) is 5.32 Å². The lowest BCUT2D eigenvalue weighted by Gasteiger charge is -2.20.